The van der Waals surface area contributed by atoms with Gasteiger partial charge in [0.2, 0.25) is 0 Å². The van der Waals surface area contributed by atoms with Gasteiger partial charge in [0.05, 0.1) is 30.6 Å². The van der Waals surface area contributed by atoms with E-state index < -0.39 is 0 Å². The molecule has 0 atom stereocenters. The van der Waals surface area contributed by atoms with Crippen molar-refractivity contribution in [3.8, 4) is 0 Å². The van der Waals surface area contributed by atoms with Gasteiger partial charge in [-0.15, -0.1) is 0 Å². The summed E-state index contributed by atoms with van der Waals surface area (Å²) in [6, 6.07) is 7.73. The van der Waals surface area contributed by atoms with E-state index in [0.29, 0.717) is 25.3 Å². The van der Waals surface area contributed by atoms with E-state index in [-0.39, 0.29) is 5.97 Å². The molecular formula is C18H20N4O2. The number of hydrogen-bond donors (Lipinski definition) is 1. The topological polar surface area (TPSA) is 69.0 Å². The lowest BCUT2D eigenvalue weighted by molar-refractivity contribution is 0.0527. The molecule has 0 amide bonds. The molecule has 1 aromatic carbocycles. The van der Waals surface area contributed by atoms with Gasteiger partial charge in [0.1, 0.15) is 5.56 Å². The third-order valence-corrected chi connectivity index (χ3v) is 3.68. The van der Waals surface area contributed by atoms with E-state index in [2.05, 4.69) is 15.4 Å². The summed E-state index contributed by atoms with van der Waals surface area (Å²) in [5.41, 5.74) is 3.16. The Morgan fingerprint density at radius 1 is 1.29 bits per heavy atom. The molecule has 0 unspecified atom stereocenters. The maximum absolute atomic E-state index is 12.2. The zero-order valence-electron chi connectivity index (χ0n) is 13.8. The normalized spacial score (nSPS) is 10.8. The second kappa shape index (κ2) is 7.12. The third-order valence-electron chi connectivity index (χ3n) is 3.68. The molecule has 124 valence electrons. The smallest absolute Gasteiger partial charge is 0.341 e. The van der Waals surface area contributed by atoms with Gasteiger partial charge in [0.15, 0.2) is 0 Å². The number of aryl methyl sites for hydroxylation is 1. The molecule has 0 aliphatic rings. The van der Waals surface area contributed by atoms with Crippen LogP contribution in [0.3, 0.4) is 0 Å². The van der Waals surface area contributed by atoms with E-state index in [1.165, 1.54) is 0 Å². The summed E-state index contributed by atoms with van der Waals surface area (Å²) in [6.07, 6.45) is 5.38. The Kier molecular flexibility index (Phi) is 4.74. The van der Waals surface area contributed by atoms with Crippen molar-refractivity contribution in [2.45, 2.75) is 20.4 Å². The van der Waals surface area contributed by atoms with E-state index >= 15 is 0 Å². The van der Waals surface area contributed by atoms with E-state index in [1.807, 2.05) is 48.3 Å². The average molecular weight is 324 g/mol. The standard InChI is InChI=1S/C18H20N4O2/c1-3-24-18(23)15-11-20-16-7-5-4-6-14(16)17(15)19-8-9-22-12-13(2)10-21-22/h4-7,10-12H,3,8-9H2,1-2H3,(H,19,20). The number of nitrogens with one attached hydrogen (secondary N) is 1. The van der Waals surface area contributed by atoms with E-state index in [1.54, 1.807) is 13.1 Å². The van der Waals surface area contributed by atoms with Crippen molar-refractivity contribution in [3.05, 3.63) is 54.0 Å². The summed E-state index contributed by atoms with van der Waals surface area (Å²) in [4.78, 5) is 16.6. The number of benzene rings is 1. The van der Waals surface area contributed by atoms with Crippen LogP contribution in [0, 0.1) is 6.92 Å². The number of para-hydroxylation sites is 1. The Bertz CT molecular complexity index is 857. The van der Waals surface area contributed by atoms with Crippen molar-refractivity contribution < 1.29 is 9.53 Å². The molecule has 0 aliphatic heterocycles. The number of fused-ring (bicyclic) bond motifs is 1. The first kappa shape index (κ1) is 16.0. The van der Waals surface area contributed by atoms with E-state index in [4.69, 9.17) is 4.74 Å². The van der Waals surface area contributed by atoms with Crippen molar-refractivity contribution in [3.63, 3.8) is 0 Å². The quantitative estimate of drug-likeness (QED) is 0.706. The largest absolute Gasteiger partial charge is 0.462 e. The monoisotopic (exact) mass is 324 g/mol. The highest BCUT2D eigenvalue weighted by Crippen LogP contribution is 2.26. The predicted octanol–water partition coefficient (Wildman–Crippen LogP) is 3.03. The molecular weight excluding hydrogens is 304 g/mol. The van der Waals surface area contributed by atoms with Crippen LogP contribution < -0.4 is 5.32 Å². The lowest BCUT2D eigenvalue weighted by atomic mass is 10.1. The first-order valence-electron chi connectivity index (χ1n) is 7.97. The Balaban J connectivity index is 1.87. The van der Waals surface area contributed by atoms with Gasteiger partial charge in [-0.05, 0) is 25.5 Å². The lowest BCUT2D eigenvalue weighted by Gasteiger charge is -2.14. The van der Waals surface area contributed by atoms with Crippen molar-refractivity contribution >= 4 is 22.6 Å². The van der Waals surface area contributed by atoms with Crippen LogP contribution in [0.5, 0.6) is 0 Å². The fourth-order valence-corrected chi connectivity index (χ4v) is 2.58. The highest BCUT2D eigenvalue weighted by molar-refractivity contribution is 6.04. The number of ether oxygens (including phenoxy) is 1. The number of nitrogens with zero attached hydrogens (tertiary/aromatic N) is 3. The minimum Gasteiger partial charge on any atom is -0.462 e. The molecule has 2 aromatic heterocycles. The van der Waals surface area contributed by atoms with Crippen molar-refractivity contribution in [1.29, 1.82) is 0 Å². The first-order chi connectivity index (χ1) is 11.7. The molecule has 0 spiro atoms. The number of aromatic nitrogens is 3. The molecule has 0 bridgehead atoms. The number of hydrogen-bond acceptors (Lipinski definition) is 5. The Morgan fingerprint density at radius 2 is 2.12 bits per heavy atom. The molecule has 1 N–H and O–H groups in total. The minimum absolute atomic E-state index is 0.331. The molecule has 0 radical (unpaired) electrons. The number of carbonyl (C=O) groups is 1. The van der Waals surface area contributed by atoms with Gasteiger partial charge in [-0.3, -0.25) is 9.67 Å². The second-order valence-electron chi connectivity index (χ2n) is 5.49. The number of pyridine rings is 1. The van der Waals surface area contributed by atoms with E-state index in [0.717, 1.165) is 22.2 Å². The SMILES string of the molecule is CCOC(=O)c1cnc2ccccc2c1NCCn1cc(C)cn1. The van der Waals surface area contributed by atoms with Gasteiger partial charge in [-0.25, -0.2) is 4.79 Å². The predicted molar refractivity (Wildman–Crippen MR) is 93.2 cm³/mol. The Morgan fingerprint density at radius 3 is 2.88 bits per heavy atom. The molecule has 6 heteroatoms. The van der Waals surface area contributed by atoms with Crippen molar-refractivity contribution in [2.75, 3.05) is 18.5 Å². The maximum Gasteiger partial charge on any atom is 0.341 e. The van der Waals surface area contributed by atoms with Gasteiger partial charge in [-0.1, -0.05) is 18.2 Å². The molecule has 3 aromatic rings. The Hall–Kier alpha value is -2.89. The molecule has 6 nitrogen and oxygen atoms in total. The van der Waals surface area contributed by atoms with Gasteiger partial charge in [0.25, 0.3) is 0 Å². The average Bonchev–Trinajstić information content (AvgIpc) is 3.00. The third kappa shape index (κ3) is 3.37. The lowest BCUT2D eigenvalue weighted by Crippen LogP contribution is -2.15. The van der Waals surface area contributed by atoms with Crippen LogP contribution >= 0.6 is 0 Å². The second-order valence-corrected chi connectivity index (χ2v) is 5.49. The van der Waals surface area contributed by atoms with Crippen LogP contribution in [0.15, 0.2) is 42.9 Å². The molecule has 0 aliphatic carbocycles. The van der Waals surface area contributed by atoms with Gasteiger partial charge in [0, 0.05) is 24.3 Å². The van der Waals surface area contributed by atoms with E-state index in [9.17, 15) is 4.79 Å². The van der Waals surface area contributed by atoms with Crippen LogP contribution in [0.4, 0.5) is 5.69 Å². The number of carbonyl (C=O) groups excluding carboxylic acids is 1. The van der Waals surface area contributed by atoms with Gasteiger partial charge >= 0.3 is 5.97 Å². The van der Waals surface area contributed by atoms with Crippen LogP contribution in [-0.4, -0.2) is 33.9 Å². The zero-order chi connectivity index (χ0) is 16.9. The molecule has 0 saturated carbocycles. The molecule has 3 rings (SSSR count). The minimum atomic E-state index is -0.367. The summed E-state index contributed by atoms with van der Waals surface area (Å²) in [6.45, 7) is 5.47. The van der Waals surface area contributed by atoms with Crippen LogP contribution in [-0.2, 0) is 11.3 Å². The van der Waals surface area contributed by atoms with Crippen LogP contribution in [0.2, 0.25) is 0 Å². The highest BCUT2D eigenvalue weighted by Gasteiger charge is 2.16. The van der Waals surface area contributed by atoms with Gasteiger partial charge < -0.3 is 10.1 Å². The summed E-state index contributed by atoms with van der Waals surface area (Å²) >= 11 is 0. The summed E-state index contributed by atoms with van der Waals surface area (Å²) in [5, 5.41) is 8.52. The maximum atomic E-state index is 12.2. The first-order valence-corrected chi connectivity index (χ1v) is 7.97. The summed E-state index contributed by atoms with van der Waals surface area (Å²) in [7, 11) is 0. The number of rotatable bonds is 6. The van der Waals surface area contributed by atoms with Crippen molar-refractivity contribution in [1.82, 2.24) is 14.8 Å². The number of anilines is 1. The molecule has 2 heterocycles. The van der Waals surface area contributed by atoms with Crippen LogP contribution in [0.25, 0.3) is 10.9 Å². The fraction of sp³-hybridized carbons (Fsp3) is 0.278. The number of esters is 1. The molecule has 0 saturated heterocycles. The summed E-state index contributed by atoms with van der Waals surface area (Å²) in [5.74, 6) is -0.367. The molecule has 0 fully saturated rings. The van der Waals surface area contributed by atoms with Gasteiger partial charge in [-0.2, -0.15) is 5.10 Å². The fourth-order valence-electron chi connectivity index (χ4n) is 2.58. The van der Waals surface area contributed by atoms with Crippen LogP contribution in [0.1, 0.15) is 22.8 Å². The zero-order valence-corrected chi connectivity index (χ0v) is 13.8. The summed E-state index contributed by atoms with van der Waals surface area (Å²) < 4.78 is 7.02. The van der Waals surface area contributed by atoms with Crippen molar-refractivity contribution in [2.24, 2.45) is 0 Å². The highest BCUT2D eigenvalue weighted by atomic mass is 16.5. The molecule has 24 heavy (non-hydrogen) atoms. The Labute approximate surface area is 140 Å².